The molecule has 264 valence electrons. The molecular weight excluding hydrogens is 693 g/mol. The number of hydrogen-bond donors (Lipinski definition) is 0. The summed E-state index contributed by atoms with van der Waals surface area (Å²) in [5.74, 6) is 0. The molecule has 10 aromatic carbocycles. The first-order chi connectivity index (χ1) is 28.3. The third-order valence-electron chi connectivity index (χ3n) is 12.3. The Kier molecular flexibility index (Phi) is 6.16. The third kappa shape index (κ3) is 4.26. The summed E-state index contributed by atoms with van der Waals surface area (Å²) in [6.07, 6.45) is 0. The molecule has 0 atom stereocenters. The van der Waals surface area contributed by atoms with Gasteiger partial charge in [-0.2, -0.15) is 0 Å². The van der Waals surface area contributed by atoms with Crippen LogP contribution in [0.5, 0.6) is 0 Å². The Morgan fingerprint density at radius 3 is 1.40 bits per heavy atom. The van der Waals surface area contributed by atoms with Crippen molar-refractivity contribution in [3.8, 4) is 22.5 Å². The molecule has 3 aromatic heterocycles. The van der Waals surface area contributed by atoms with E-state index in [9.17, 15) is 0 Å². The summed E-state index contributed by atoms with van der Waals surface area (Å²) in [5, 5.41) is 14.9. The van der Waals surface area contributed by atoms with E-state index in [1.165, 1.54) is 76.0 Å². The van der Waals surface area contributed by atoms with Crippen LogP contribution in [0.15, 0.2) is 199 Å². The quantitative estimate of drug-likeness (QED) is 0.166. The van der Waals surface area contributed by atoms with Gasteiger partial charge in [0, 0.05) is 38.0 Å². The van der Waals surface area contributed by atoms with Crippen molar-refractivity contribution in [3.05, 3.63) is 194 Å². The summed E-state index contributed by atoms with van der Waals surface area (Å²) in [5.41, 5.74) is 11.1. The van der Waals surface area contributed by atoms with Crippen LogP contribution in [0.3, 0.4) is 0 Å². The van der Waals surface area contributed by atoms with Crippen molar-refractivity contribution in [1.29, 1.82) is 0 Å². The Bertz CT molecular complexity index is 3780. The second-order valence-corrected chi connectivity index (χ2v) is 15.2. The van der Waals surface area contributed by atoms with E-state index in [2.05, 4.69) is 197 Å². The third-order valence-corrected chi connectivity index (χ3v) is 12.3. The van der Waals surface area contributed by atoms with Crippen LogP contribution in [-0.2, 0) is 0 Å². The van der Waals surface area contributed by atoms with Crippen LogP contribution < -0.4 is 0 Å². The molecule has 0 bridgehead atoms. The van der Waals surface area contributed by atoms with Gasteiger partial charge in [0.15, 0.2) is 5.58 Å². The molecule has 0 saturated carbocycles. The van der Waals surface area contributed by atoms with E-state index in [4.69, 9.17) is 4.42 Å². The molecule has 0 amide bonds. The summed E-state index contributed by atoms with van der Waals surface area (Å²) < 4.78 is 11.3. The molecule has 0 saturated heterocycles. The molecule has 3 nitrogen and oxygen atoms in total. The maximum absolute atomic E-state index is 6.54. The number of hydrogen-bond acceptors (Lipinski definition) is 1. The smallest absolute Gasteiger partial charge is 0.159 e. The van der Waals surface area contributed by atoms with E-state index in [-0.39, 0.29) is 0 Å². The topological polar surface area (TPSA) is 23.0 Å². The highest BCUT2D eigenvalue weighted by Crippen LogP contribution is 2.42. The number of furan rings is 1. The zero-order chi connectivity index (χ0) is 37.2. The fourth-order valence-corrected chi connectivity index (χ4v) is 9.79. The van der Waals surface area contributed by atoms with Crippen molar-refractivity contribution in [1.82, 2.24) is 9.13 Å². The molecule has 0 aliphatic carbocycles. The Labute approximate surface area is 326 Å². The maximum atomic E-state index is 6.54. The highest BCUT2D eigenvalue weighted by Gasteiger charge is 2.19. The van der Waals surface area contributed by atoms with Crippen LogP contribution in [0, 0.1) is 0 Å². The Morgan fingerprint density at radius 2 is 0.754 bits per heavy atom. The monoisotopic (exact) mass is 724 g/mol. The van der Waals surface area contributed by atoms with Crippen molar-refractivity contribution in [2.24, 2.45) is 0 Å². The summed E-state index contributed by atoms with van der Waals surface area (Å²) in [6, 6.07) is 70.8. The normalized spacial score (nSPS) is 12.2. The number of rotatable bonds is 3. The zero-order valence-corrected chi connectivity index (χ0v) is 30.8. The lowest BCUT2D eigenvalue weighted by atomic mass is 9.94. The summed E-state index contributed by atoms with van der Waals surface area (Å²) in [6.45, 7) is 0. The average Bonchev–Trinajstić information content (AvgIpc) is 3.94. The van der Waals surface area contributed by atoms with Crippen molar-refractivity contribution in [3.63, 3.8) is 0 Å². The van der Waals surface area contributed by atoms with E-state index in [1.54, 1.807) is 0 Å². The molecule has 0 aliphatic heterocycles. The Balaban J connectivity index is 1.00. The van der Waals surface area contributed by atoms with Crippen molar-refractivity contribution in [2.45, 2.75) is 0 Å². The van der Waals surface area contributed by atoms with Crippen molar-refractivity contribution >= 4 is 97.9 Å². The van der Waals surface area contributed by atoms with Gasteiger partial charge < -0.3 is 13.6 Å². The minimum atomic E-state index is 0.903. The maximum Gasteiger partial charge on any atom is 0.159 e. The highest BCUT2D eigenvalue weighted by molar-refractivity contribution is 6.26. The summed E-state index contributed by atoms with van der Waals surface area (Å²) >= 11 is 0. The molecule has 0 radical (unpaired) electrons. The summed E-state index contributed by atoms with van der Waals surface area (Å²) in [4.78, 5) is 0. The van der Waals surface area contributed by atoms with Crippen LogP contribution in [0.1, 0.15) is 0 Å². The molecule has 0 spiro atoms. The Morgan fingerprint density at radius 1 is 0.281 bits per heavy atom. The second kappa shape index (κ2) is 11.5. The van der Waals surface area contributed by atoms with Crippen LogP contribution in [0.2, 0.25) is 0 Å². The number of nitrogens with zero attached hydrogens (tertiary/aromatic N) is 2. The van der Waals surface area contributed by atoms with Crippen LogP contribution >= 0.6 is 0 Å². The molecule has 0 N–H and O–H groups in total. The lowest BCUT2D eigenvalue weighted by Crippen LogP contribution is -1.94. The minimum absolute atomic E-state index is 0.903. The predicted molar refractivity (Wildman–Crippen MR) is 240 cm³/mol. The van der Waals surface area contributed by atoms with E-state index in [0.29, 0.717) is 0 Å². The molecule has 13 aromatic rings. The van der Waals surface area contributed by atoms with Gasteiger partial charge in [0.2, 0.25) is 0 Å². The number of fused-ring (bicyclic) bond motifs is 15. The molecule has 0 fully saturated rings. The lowest BCUT2D eigenvalue weighted by Gasteiger charge is -2.14. The van der Waals surface area contributed by atoms with E-state index < -0.39 is 0 Å². The average molecular weight is 725 g/mol. The molecule has 13 rings (SSSR count). The van der Waals surface area contributed by atoms with E-state index >= 15 is 0 Å². The van der Waals surface area contributed by atoms with Gasteiger partial charge >= 0.3 is 0 Å². The number of benzene rings is 10. The van der Waals surface area contributed by atoms with Crippen LogP contribution in [0.4, 0.5) is 0 Å². The first kappa shape index (κ1) is 30.7. The molecule has 57 heavy (non-hydrogen) atoms. The van der Waals surface area contributed by atoms with Gasteiger partial charge in [-0.05, 0) is 104 Å². The largest absolute Gasteiger partial charge is 0.454 e. The van der Waals surface area contributed by atoms with Gasteiger partial charge in [0.25, 0.3) is 0 Å². The highest BCUT2D eigenvalue weighted by atomic mass is 16.3. The standard InChI is InChI=1S/C54H32N2O/c1-2-14-38-36(12-1)37-13-3-4-15-39(37)45-32-35(26-27-40(38)45)55-48-20-8-5-16-41(48)46-30-33(24-28-50(46)55)34-25-29-51-47(31-34)42-17-6-9-21-49(42)56(51)52-22-11-19-44-43-18-7-10-23-53(43)57-54(44)52/h1-32H. The van der Waals surface area contributed by atoms with Crippen molar-refractivity contribution in [2.75, 3.05) is 0 Å². The molecule has 0 aliphatic rings. The number of para-hydroxylation sites is 4. The van der Waals surface area contributed by atoms with Crippen LogP contribution in [-0.4, -0.2) is 9.13 Å². The van der Waals surface area contributed by atoms with E-state index in [0.717, 1.165) is 44.3 Å². The van der Waals surface area contributed by atoms with E-state index in [1.807, 2.05) is 6.07 Å². The molecular formula is C54H32N2O. The fraction of sp³-hybridized carbons (Fsp3) is 0. The van der Waals surface area contributed by atoms with Gasteiger partial charge in [-0.25, -0.2) is 0 Å². The fourth-order valence-electron chi connectivity index (χ4n) is 9.79. The van der Waals surface area contributed by atoms with Crippen LogP contribution in [0.25, 0.3) is 120 Å². The molecule has 3 heterocycles. The van der Waals surface area contributed by atoms with Crippen molar-refractivity contribution < 1.29 is 4.42 Å². The first-order valence-electron chi connectivity index (χ1n) is 19.6. The first-order valence-corrected chi connectivity index (χ1v) is 19.6. The van der Waals surface area contributed by atoms with Gasteiger partial charge in [-0.1, -0.05) is 133 Å². The molecule has 3 heteroatoms. The zero-order valence-electron chi connectivity index (χ0n) is 30.8. The Hall–Kier alpha value is -7.62. The van der Waals surface area contributed by atoms with Gasteiger partial charge in [-0.3, -0.25) is 0 Å². The SMILES string of the molecule is c1ccc2c(c1)oc1c(-n3c4ccccc4c4cc(-c5ccc6c(c5)c5ccccc5n6-c5ccc6c7ccccc7c7ccccc7c6c5)ccc43)cccc12. The minimum Gasteiger partial charge on any atom is -0.454 e. The van der Waals surface area contributed by atoms with Gasteiger partial charge in [0.1, 0.15) is 5.58 Å². The second-order valence-electron chi connectivity index (χ2n) is 15.2. The lowest BCUT2D eigenvalue weighted by molar-refractivity contribution is 0.666. The molecule has 0 unspecified atom stereocenters. The van der Waals surface area contributed by atoms with Gasteiger partial charge in [-0.15, -0.1) is 0 Å². The summed E-state index contributed by atoms with van der Waals surface area (Å²) in [7, 11) is 0. The number of aromatic nitrogens is 2. The predicted octanol–water partition coefficient (Wildman–Crippen LogP) is 14.9. The van der Waals surface area contributed by atoms with Gasteiger partial charge in [0.05, 0.1) is 27.8 Å².